The molecule has 0 radical (unpaired) electrons. The van der Waals surface area contributed by atoms with E-state index in [2.05, 4.69) is 9.97 Å². The normalized spacial score (nSPS) is 16.1. The third kappa shape index (κ3) is 3.07. The molecule has 0 bridgehead atoms. The highest BCUT2D eigenvalue weighted by atomic mass is 32.2. The first kappa shape index (κ1) is 16.3. The fraction of sp³-hybridized carbons (Fsp3) is 0.333. The quantitative estimate of drug-likeness (QED) is 0.613. The van der Waals surface area contributed by atoms with E-state index in [1.54, 1.807) is 35.2 Å². The standard InChI is InChI=1S/C15H16N4O4S/c20-19(21)14-10-16-11-17-15(14)18-8-6-13(7-9-18)24(22,23)12-4-2-1-3-5-12/h1-5,10-11,13H,6-9H2. The third-order valence-corrected chi connectivity index (χ3v) is 6.40. The zero-order chi connectivity index (χ0) is 17.2. The Morgan fingerprint density at radius 1 is 1.17 bits per heavy atom. The maximum absolute atomic E-state index is 12.7. The molecule has 8 nitrogen and oxygen atoms in total. The van der Waals surface area contributed by atoms with E-state index in [4.69, 9.17) is 0 Å². The highest BCUT2D eigenvalue weighted by Gasteiger charge is 2.33. The van der Waals surface area contributed by atoms with E-state index in [-0.39, 0.29) is 11.5 Å². The molecular formula is C15H16N4O4S. The summed E-state index contributed by atoms with van der Waals surface area (Å²) in [4.78, 5) is 20.3. The van der Waals surface area contributed by atoms with Gasteiger partial charge in [-0.05, 0) is 25.0 Å². The van der Waals surface area contributed by atoms with Gasteiger partial charge >= 0.3 is 5.69 Å². The minimum atomic E-state index is -3.39. The number of nitrogens with zero attached hydrogens (tertiary/aromatic N) is 4. The number of sulfone groups is 1. The SMILES string of the molecule is O=[N+]([O-])c1cncnc1N1CCC(S(=O)(=O)c2ccccc2)CC1. The summed E-state index contributed by atoms with van der Waals surface area (Å²) >= 11 is 0. The van der Waals surface area contributed by atoms with Crippen molar-refractivity contribution < 1.29 is 13.3 Å². The lowest BCUT2D eigenvalue weighted by Crippen LogP contribution is -2.40. The van der Waals surface area contributed by atoms with Crippen molar-refractivity contribution in [3.05, 3.63) is 53.0 Å². The molecule has 24 heavy (non-hydrogen) atoms. The van der Waals surface area contributed by atoms with Crippen molar-refractivity contribution in [3.63, 3.8) is 0 Å². The minimum Gasteiger partial charge on any atom is -0.351 e. The molecule has 1 aliphatic heterocycles. The van der Waals surface area contributed by atoms with E-state index in [0.717, 1.165) is 6.20 Å². The van der Waals surface area contributed by atoms with Crippen molar-refractivity contribution in [3.8, 4) is 0 Å². The topological polar surface area (TPSA) is 106 Å². The molecule has 0 amide bonds. The highest BCUT2D eigenvalue weighted by molar-refractivity contribution is 7.92. The number of hydrogen-bond donors (Lipinski definition) is 0. The fourth-order valence-electron chi connectivity index (χ4n) is 2.87. The molecule has 1 fully saturated rings. The van der Waals surface area contributed by atoms with E-state index in [1.807, 2.05) is 0 Å². The Kier molecular flexibility index (Phi) is 4.43. The zero-order valence-electron chi connectivity index (χ0n) is 12.8. The van der Waals surface area contributed by atoms with Crippen LogP contribution in [0.3, 0.4) is 0 Å². The second-order valence-electron chi connectivity index (χ2n) is 5.53. The lowest BCUT2D eigenvalue weighted by molar-refractivity contribution is -0.384. The van der Waals surface area contributed by atoms with Crippen LogP contribution in [0.5, 0.6) is 0 Å². The van der Waals surface area contributed by atoms with Crippen LogP contribution in [0.4, 0.5) is 11.5 Å². The van der Waals surface area contributed by atoms with E-state index in [0.29, 0.717) is 30.8 Å². The van der Waals surface area contributed by atoms with Gasteiger partial charge in [0.25, 0.3) is 0 Å². The molecule has 0 spiro atoms. The summed E-state index contributed by atoms with van der Waals surface area (Å²) in [7, 11) is -3.39. The van der Waals surface area contributed by atoms with Crippen LogP contribution in [-0.4, -0.2) is 41.6 Å². The average Bonchev–Trinajstić information content (AvgIpc) is 2.62. The summed E-state index contributed by atoms with van der Waals surface area (Å²) in [6.07, 6.45) is 3.22. The number of anilines is 1. The molecule has 126 valence electrons. The Hall–Kier alpha value is -2.55. The molecular weight excluding hydrogens is 332 g/mol. The summed E-state index contributed by atoms with van der Waals surface area (Å²) in [5.74, 6) is 0.241. The summed E-state index contributed by atoms with van der Waals surface area (Å²) in [6.45, 7) is 0.795. The van der Waals surface area contributed by atoms with Gasteiger partial charge < -0.3 is 4.90 Å². The molecule has 1 aromatic heterocycles. The molecule has 0 unspecified atom stereocenters. The van der Waals surface area contributed by atoms with Gasteiger partial charge in [-0.15, -0.1) is 0 Å². The number of rotatable bonds is 4. The summed E-state index contributed by atoms with van der Waals surface area (Å²) < 4.78 is 25.3. The monoisotopic (exact) mass is 348 g/mol. The lowest BCUT2D eigenvalue weighted by Gasteiger charge is -2.32. The predicted molar refractivity (Wildman–Crippen MR) is 87.5 cm³/mol. The van der Waals surface area contributed by atoms with Crippen LogP contribution < -0.4 is 4.90 Å². The molecule has 0 atom stereocenters. The smallest absolute Gasteiger partial charge is 0.329 e. The Morgan fingerprint density at radius 3 is 2.46 bits per heavy atom. The molecule has 2 heterocycles. The third-order valence-electron chi connectivity index (χ3n) is 4.12. The van der Waals surface area contributed by atoms with Crippen LogP contribution in [0.2, 0.25) is 0 Å². The average molecular weight is 348 g/mol. The maximum Gasteiger partial charge on any atom is 0.329 e. The van der Waals surface area contributed by atoms with Gasteiger partial charge in [0.15, 0.2) is 9.84 Å². The largest absolute Gasteiger partial charge is 0.351 e. The number of hydrogen-bond acceptors (Lipinski definition) is 7. The van der Waals surface area contributed by atoms with Crippen LogP contribution in [0, 0.1) is 10.1 Å². The Bertz CT molecular complexity index is 834. The molecule has 0 saturated carbocycles. The van der Waals surface area contributed by atoms with Crippen molar-refractivity contribution in [2.45, 2.75) is 23.0 Å². The molecule has 1 aliphatic rings. The second-order valence-corrected chi connectivity index (χ2v) is 7.76. The van der Waals surface area contributed by atoms with Gasteiger partial charge in [-0.2, -0.15) is 0 Å². The Morgan fingerprint density at radius 2 is 1.83 bits per heavy atom. The molecule has 3 rings (SSSR count). The van der Waals surface area contributed by atoms with Gasteiger partial charge in [0, 0.05) is 13.1 Å². The van der Waals surface area contributed by atoms with Gasteiger partial charge in [0.05, 0.1) is 15.1 Å². The van der Waals surface area contributed by atoms with Crippen LogP contribution in [-0.2, 0) is 9.84 Å². The Balaban J connectivity index is 1.76. The van der Waals surface area contributed by atoms with E-state index in [1.165, 1.54) is 6.33 Å². The first-order valence-electron chi connectivity index (χ1n) is 7.48. The van der Waals surface area contributed by atoms with E-state index < -0.39 is 20.0 Å². The fourth-order valence-corrected chi connectivity index (χ4v) is 4.62. The summed E-state index contributed by atoms with van der Waals surface area (Å²) in [6, 6.07) is 8.36. The summed E-state index contributed by atoms with van der Waals surface area (Å²) in [5, 5.41) is 10.6. The molecule has 2 aromatic rings. The Labute approximate surface area is 139 Å². The summed E-state index contributed by atoms with van der Waals surface area (Å²) in [5.41, 5.74) is -0.165. The molecule has 1 aromatic carbocycles. The van der Waals surface area contributed by atoms with Crippen molar-refractivity contribution in [2.75, 3.05) is 18.0 Å². The first-order valence-corrected chi connectivity index (χ1v) is 9.03. The van der Waals surface area contributed by atoms with Gasteiger partial charge in [-0.3, -0.25) is 10.1 Å². The molecule has 0 aliphatic carbocycles. The van der Waals surface area contributed by atoms with Gasteiger partial charge in [0.2, 0.25) is 5.82 Å². The molecule has 0 N–H and O–H groups in total. The van der Waals surface area contributed by atoms with Crippen molar-refractivity contribution in [2.24, 2.45) is 0 Å². The van der Waals surface area contributed by atoms with Crippen molar-refractivity contribution in [1.82, 2.24) is 9.97 Å². The highest BCUT2D eigenvalue weighted by Crippen LogP contribution is 2.30. The van der Waals surface area contributed by atoms with Crippen LogP contribution in [0.15, 0.2) is 47.8 Å². The van der Waals surface area contributed by atoms with Gasteiger partial charge in [-0.1, -0.05) is 18.2 Å². The predicted octanol–water partition coefficient (Wildman–Crippen LogP) is 1.83. The number of benzene rings is 1. The number of aromatic nitrogens is 2. The van der Waals surface area contributed by atoms with Crippen molar-refractivity contribution >= 4 is 21.3 Å². The van der Waals surface area contributed by atoms with Crippen molar-refractivity contribution in [1.29, 1.82) is 0 Å². The number of nitro groups is 1. The van der Waals surface area contributed by atoms with Gasteiger partial charge in [-0.25, -0.2) is 18.4 Å². The first-order chi connectivity index (χ1) is 11.5. The van der Waals surface area contributed by atoms with Crippen LogP contribution >= 0.6 is 0 Å². The van der Waals surface area contributed by atoms with E-state index >= 15 is 0 Å². The second kappa shape index (κ2) is 6.52. The van der Waals surface area contributed by atoms with Crippen LogP contribution in [0.1, 0.15) is 12.8 Å². The maximum atomic E-state index is 12.7. The molecule has 1 saturated heterocycles. The van der Waals surface area contributed by atoms with Gasteiger partial charge in [0.1, 0.15) is 12.5 Å². The van der Waals surface area contributed by atoms with Crippen LogP contribution in [0.25, 0.3) is 0 Å². The van der Waals surface area contributed by atoms with E-state index in [9.17, 15) is 18.5 Å². The number of piperidine rings is 1. The zero-order valence-corrected chi connectivity index (χ0v) is 13.6. The minimum absolute atomic E-state index is 0.165. The molecule has 9 heteroatoms. The lowest BCUT2D eigenvalue weighted by atomic mass is 10.1.